The molecule has 0 saturated heterocycles. The van der Waals surface area contributed by atoms with E-state index in [1.807, 2.05) is 50.2 Å². The summed E-state index contributed by atoms with van der Waals surface area (Å²) in [7, 11) is -3.40. The summed E-state index contributed by atoms with van der Waals surface area (Å²) in [4.78, 5) is 0. The Morgan fingerprint density at radius 3 is 2.46 bits per heavy atom. The second-order valence-corrected chi connectivity index (χ2v) is 7.29. The molecule has 0 amide bonds. The van der Waals surface area contributed by atoms with Crippen molar-refractivity contribution in [2.75, 3.05) is 11.0 Å². The first kappa shape index (κ1) is 19.5. The maximum absolute atomic E-state index is 11.5. The highest BCUT2D eigenvalue weighted by Crippen LogP contribution is 2.33. The molecule has 2 aromatic carbocycles. The van der Waals surface area contributed by atoms with Gasteiger partial charge < -0.3 is 0 Å². The number of nitriles is 1. The second-order valence-electron chi connectivity index (χ2n) is 5.54. The van der Waals surface area contributed by atoms with Gasteiger partial charge in [0.25, 0.3) is 0 Å². The molecule has 1 atom stereocenters. The van der Waals surface area contributed by atoms with Gasteiger partial charge in [-0.05, 0) is 11.6 Å². The Labute approximate surface area is 153 Å². The molecule has 1 aromatic heterocycles. The first-order chi connectivity index (χ1) is 12.5. The van der Waals surface area contributed by atoms with Crippen LogP contribution in [0.25, 0.3) is 10.9 Å². The Bertz CT molecular complexity index is 1000. The fraction of sp³-hybridized carbons (Fsp3) is 0.263. The van der Waals surface area contributed by atoms with Gasteiger partial charge in [-0.2, -0.15) is 10.4 Å². The summed E-state index contributed by atoms with van der Waals surface area (Å²) in [5.41, 5.74) is 2.76. The summed E-state index contributed by atoms with van der Waals surface area (Å²) in [6.07, 6.45) is 1.40. The SMILES string of the molecule is CC.CS(=O)(=O)Nc1cccc2c(C(CC#N)c3ccccc3)[nH]nc12. The van der Waals surface area contributed by atoms with Crippen molar-refractivity contribution in [3.8, 4) is 6.07 Å². The Morgan fingerprint density at radius 2 is 1.85 bits per heavy atom. The Kier molecular flexibility index (Phi) is 6.36. The van der Waals surface area contributed by atoms with Crippen LogP contribution < -0.4 is 4.72 Å². The van der Waals surface area contributed by atoms with E-state index in [-0.39, 0.29) is 5.92 Å². The van der Waals surface area contributed by atoms with Crippen LogP contribution in [0.15, 0.2) is 48.5 Å². The third-order valence-electron chi connectivity index (χ3n) is 3.76. The number of rotatable bonds is 5. The number of anilines is 1. The lowest BCUT2D eigenvalue weighted by atomic mass is 9.91. The van der Waals surface area contributed by atoms with Crippen molar-refractivity contribution in [3.05, 3.63) is 59.8 Å². The van der Waals surface area contributed by atoms with Gasteiger partial charge in [-0.25, -0.2) is 8.42 Å². The van der Waals surface area contributed by atoms with E-state index in [2.05, 4.69) is 21.0 Å². The van der Waals surface area contributed by atoms with Crippen molar-refractivity contribution < 1.29 is 8.42 Å². The van der Waals surface area contributed by atoms with E-state index in [0.29, 0.717) is 17.6 Å². The lowest BCUT2D eigenvalue weighted by molar-refractivity contribution is 0.607. The molecular formula is C19H22N4O2S. The minimum atomic E-state index is -3.40. The van der Waals surface area contributed by atoms with Crippen LogP contribution in [0.5, 0.6) is 0 Å². The smallest absolute Gasteiger partial charge is 0.229 e. The van der Waals surface area contributed by atoms with Crippen molar-refractivity contribution >= 4 is 26.6 Å². The molecule has 7 heteroatoms. The molecule has 0 aliphatic rings. The highest BCUT2D eigenvalue weighted by molar-refractivity contribution is 7.92. The monoisotopic (exact) mass is 370 g/mol. The summed E-state index contributed by atoms with van der Waals surface area (Å²) < 4.78 is 25.5. The Morgan fingerprint density at radius 1 is 1.15 bits per heavy atom. The number of sulfonamides is 1. The number of hydrogen-bond donors (Lipinski definition) is 2. The summed E-state index contributed by atoms with van der Waals surface area (Å²) in [5.74, 6) is -0.158. The predicted molar refractivity (Wildman–Crippen MR) is 104 cm³/mol. The molecule has 26 heavy (non-hydrogen) atoms. The third kappa shape index (κ3) is 4.41. The zero-order valence-electron chi connectivity index (χ0n) is 15.0. The van der Waals surface area contributed by atoms with E-state index in [9.17, 15) is 13.7 Å². The average molecular weight is 370 g/mol. The van der Waals surface area contributed by atoms with E-state index in [1.54, 1.807) is 12.1 Å². The van der Waals surface area contributed by atoms with Gasteiger partial charge in [0.05, 0.1) is 23.7 Å². The first-order valence-electron chi connectivity index (χ1n) is 8.36. The number of hydrogen-bond acceptors (Lipinski definition) is 4. The van der Waals surface area contributed by atoms with Crippen LogP contribution in [0.3, 0.4) is 0 Å². The maximum atomic E-state index is 11.5. The van der Waals surface area contributed by atoms with Crippen LogP contribution in [-0.2, 0) is 10.0 Å². The Balaban J connectivity index is 0.00000117. The first-order valence-corrected chi connectivity index (χ1v) is 10.3. The summed E-state index contributed by atoms with van der Waals surface area (Å²) in [5, 5.41) is 17.3. The van der Waals surface area contributed by atoms with E-state index < -0.39 is 10.0 Å². The van der Waals surface area contributed by atoms with Gasteiger partial charge in [-0.3, -0.25) is 9.82 Å². The summed E-state index contributed by atoms with van der Waals surface area (Å²) in [6.45, 7) is 4.00. The topological polar surface area (TPSA) is 98.6 Å². The third-order valence-corrected chi connectivity index (χ3v) is 4.35. The van der Waals surface area contributed by atoms with Gasteiger partial charge >= 0.3 is 0 Å². The van der Waals surface area contributed by atoms with Crippen LogP contribution in [0, 0.1) is 11.3 Å². The molecule has 0 saturated carbocycles. The van der Waals surface area contributed by atoms with E-state index in [4.69, 9.17) is 0 Å². The van der Waals surface area contributed by atoms with Crippen molar-refractivity contribution in [2.45, 2.75) is 26.2 Å². The van der Waals surface area contributed by atoms with Crippen LogP contribution in [0.4, 0.5) is 5.69 Å². The molecule has 0 fully saturated rings. The molecular weight excluding hydrogens is 348 g/mol. The van der Waals surface area contributed by atoms with Crippen LogP contribution in [-0.4, -0.2) is 24.9 Å². The number of aromatic nitrogens is 2. The van der Waals surface area contributed by atoms with Gasteiger partial charge in [0, 0.05) is 17.7 Å². The molecule has 3 aromatic rings. The van der Waals surface area contributed by atoms with Gasteiger partial charge in [-0.1, -0.05) is 56.3 Å². The quantitative estimate of drug-likeness (QED) is 0.709. The molecule has 0 aliphatic carbocycles. The number of nitrogens with zero attached hydrogens (tertiary/aromatic N) is 2. The zero-order chi connectivity index (χ0) is 19.2. The van der Waals surface area contributed by atoms with Crippen LogP contribution in [0.2, 0.25) is 0 Å². The minimum Gasteiger partial charge on any atom is -0.281 e. The number of para-hydroxylation sites is 1. The highest BCUT2D eigenvalue weighted by atomic mass is 32.2. The van der Waals surface area contributed by atoms with Crippen molar-refractivity contribution in [1.82, 2.24) is 10.2 Å². The van der Waals surface area contributed by atoms with E-state index in [1.165, 1.54) is 0 Å². The fourth-order valence-corrected chi connectivity index (χ4v) is 3.33. The zero-order valence-corrected chi connectivity index (χ0v) is 15.8. The molecule has 136 valence electrons. The molecule has 0 bridgehead atoms. The highest BCUT2D eigenvalue weighted by Gasteiger charge is 2.20. The van der Waals surface area contributed by atoms with Gasteiger partial charge in [0.1, 0.15) is 5.52 Å². The van der Waals surface area contributed by atoms with Gasteiger partial charge in [0.2, 0.25) is 10.0 Å². The molecule has 2 N–H and O–H groups in total. The largest absolute Gasteiger partial charge is 0.281 e. The number of fused-ring (bicyclic) bond motifs is 1. The number of benzene rings is 2. The molecule has 0 spiro atoms. The maximum Gasteiger partial charge on any atom is 0.229 e. The fourth-order valence-electron chi connectivity index (χ4n) is 2.77. The molecule has 6 nitrogen and oxygen atoms in total. The summed E-state index contributed by atoms with van der Waals surface area (Å²) >= 11 is 0. The molecule has 3 rings (SSSR count). The molecule has 0 aliphatic heterocycles. The van der Waals surface area contributed by atoms with E-state index in [0.717, 1.165) is 22.9 Å². The van der Waals surface area contributed by atoms with Crippen LogP contribution in [0.1, 0.15) is 37.4 Å². The Hall–Kier alpha value is -2.85. The van der Waals surface area contributed by atoms with Crippen molar-refractivity contribution in [2.24, 2.45) is 0 Å². The average Bonchev–Trinajstić information content (AvgIpc) is 3.06. The standard InChI is InChI=1S/C17H16N4O2S.C2H6/c1-24(22,23)21-15-9-5-8-14-16(19-20-17(14)15)13(10-11-18)12-6-3-2-4-7-12;1-2/h2-9,13,21H,10H2,1H3,(H,19,20);1-2H3. The van der Waals surface area contributed by atoms with Gasteiger partial charge in [-0.15, -0.1) is 0 Å². The minimum absolute atomic E-state index is 0.158. The number of nitrogens with one attached hydrogen (secondary N) is 2. The number of aromatic amines is 1. The lowest BCUT2D eigenvalue weighted by Gasteiger charge is -2.13. The molecule has 1 heterocycles. The second kappa shape index (κ2) is 8.50. The predicted octanol–water partition coefficient (Wildman–Crippen LogP) is 4.01. The van der Waals surface area contributed by atoms with Crippen molar-refractivity contribution in [1.29, 1.82) is 5.26 Å². The van der Waals surface area contributed by atoms with Crippen LogP contribution >= 0.6 is 0 Å². The normalized spacial score (nSPS) is 11.9. The van der Waals surface area contributed by atoms with E-state index >= 15 is 0 Å². The lowest BCUT2D eigenvalue weighted by Crippen LogP contribution is -2.09. The molecule has 1 unspecified atom stereocenters. The molecule has 0 radical (unpaired) electrons. The van der Waals surface area contributed by atoms with Crippen molar-refractivity contribution in [3.63, 3.8) is 0 Å². The van der Waals surface area contributed by atoms with Gasteiger partial charge in [0.15, 0.2) is 0 Å². The summed E-state index contributed by atoms with van der Waals surface area (Å²) in [6, 6.07) is 17.2. The number of H-pyrrole nitrogens is 1.